The highest BCUT2D eigenvalue weighted by atomic mass is 16.2. The summed E-state index contributed by atoms with van der Waals surface area (Å²) in [5.41, 5.74) is 0. The van der Waals surface area contributed by atoms with Gasteiger partial charge < -0.3 is 14.9 Å². The Labute approximate surface area is 173 Å². The summed E-state index contributed by atoms with van der Waals surface area (Å²) in [6.07, 6.45) is 24.1. The Hall–Kier alpha value is -1.19. The number of unbranched alkanes of at least 4 members (excludes halogenated alkanes) is 16. The van der Waals surface area contributed by atoms with E-state index in [0.29, 0.717) is 12.8 Å². The van der Waals surface area contributed by atoms with Crippen molar-refractivity contribution in [3.63, 3.8) is 0 Å². The molecule has 28 heavy (non-hydrogen) atoms. The summed E-state index contributed by atoms with van der Waals surface area (Å²) in [6, 6.07) is -0.313. The van der Waals surface area contributed by atoms with Crippen molar-refractivity contribution in [3.05, 3.63) is 0 Å². The first-order valence-corrected chi connectivity index (χ1v) is 11.9. The zero-order valence-electron chi connectivity index (χ0n) is 18.4. The molecule has 0 spiro atoms. The van der Waals surface area contributed by atoms with E-state index in [4.69, 9.17) is 0 Å². The van der Waals surface area contributed by atoms with Crippen LogP contribution >= 0.6 is 0 Å². The minimum absolute atomic E-state index is 0.0110. The Kier molecular flexibility index (Phi) is 21.2. The molecule has 4 nitrogen and oxygen atoms in total. The SMILES string of the molecule is CC[C@@H](C=O)NC(=O)CCCCCCCCCCCCCCCCCCC=O. The Morgan fingerprint density at radius 1 is 0.679 bits per heavy atom. The van der Waals surface area contributed by atoms with E-state index in [-0.39, 0.29) is 11.9 Å². The van der Waals surface area contributed by atoms with Crippen molar-refractivity contribution < 1.29 is 14.4 Å². The highest BCUT2D eigenvalue weighted by Gasteiger charge is 2.08. The Morgan fingerprint density at radius 2 is 1.07 bits per heavy atom. The van der Waals surface area contributed by atoms with Crippen LogP contribution in [0.2, 0.25) is 0 Å². The fraction of sp³-hybridized carbons (Fsp3) is 0.875. The molecular weight excluding hydrogens is 350 g/mol. The molecule has 0 fully saturated rings. The molecule has 0 unspecified atom stereocenters. The van der Waals surface area contributed by atoms with Gasteiger partial charge in [0.15, 0.2) is 0 Å². The summed E-state index contributed by atoms with van der Waals surface area (Å²) < 4.78 is 0. The van der Waals surface area contributed by atoms with E-state index in [1.165, 1.54) is 83.5 Å². The lowest BCUT2D eigenvalue weighted by molar-refractivity contribution is -0.124. The monoisotopic (exact) mass is 395 g/mol. The molecule has 0 aromatic carbocycles. The number of hydrogen-bond donors (Lipinski definition) is 1. The predicted molar refractivity (Wildman–Crippen MR) is 117 cm³/mol. The van der Waals surface area contributed by atoms with Crippen molar-refractivity contribution in [1.82, 2.24) is 5.32 Å². The number of hydrogen-bond acceptors (Lipinski definition) is 3. The van der Waals surface area contributed by atoms with Gasteiger partial charge >= 0.3 is 0 Å². The van der Waals surface area contributed by atoms with Crippen molar-refractivity contribution in [2.24, 2.45) is 0 Å². The van der Waals surface area contributed by atoms with Crippen LogP contribution in [0, 0.1) is 0 Å². The minimum Gasteiger partial charge on any atom is -0.347 e. The molecule has 0 aromatic rings. The molecule has 0 heterocycles. The van der Waals surface area contributed by atoms with E-state index in [0.717, 1.165) is 38.3 Å². The standard InChI is InChI=1S/C24H45NO3/c1-2-23(22-27)25-24(28)20-18-16-14-12-10-8-6-4-3-5-7-9-11-13-15-17-19-21-26/h21-23H,2-20H2,1H3,(H,25,28)/t23-/m0/s1. The van der Waals surface area contributed by atoms with Gasteiger partial charge in [-0.15, -0.1) is 0 Å². The van der Waals surface area contributed by atoms with E-state index in [2.05, 4.69) is 5.32 Å². The first-order chi connectivity index (χ1) is 13.7. The molecule has 1 amide bonds. The van der Waals surface area contributed by atoms with Gasteiger partial charge in [0.25, 0.3) is 0 Å². The maximum absolute atomic E-state index is 11.7. The van der Waals surface area contributed by atoms with Crippen LogP contribution in [0.3, 0.4) is 0 Å². The van der Waals surface area contributed by atoms with Crippen molar-refractivity contribution in [2.75, 3.05) is 0 Å². The number of rotatable bonds is 22. The molecule has 0 aliphatic rings. The van der Waals surface area contributed by atoms with Crippen LogP contribution in [-0.2, 0) is 14.4 Å². The molecular formula is C24H45NO3. The zero-order valence-corrected chi connectivity index (χ0v) is 18.4. The van der Waals surface area contributed by atoms with Crippen molar-refractivity contribution in [2.45, 2.75) is 135 Å². The number of amides is 1. The van der Waals surface area contributed by atoms with E-state index in [9.17, 15) is 14.4 Å². The molecule has 0 saturated carbocycles. The second kappa shape index (κ2) is 22.1. The molecule has 0 aliphatic carbocycles. The fourth-order valence-corrected chi connectivity index (χ4v) is 3.50. The topological polar surface area (TPSA) is 63.2 Å². The Balaban J connectivity index is 3.17. The maximum atomic E-state index is 11.7. The van der Waals surface area contributed by atoms with Gasteiger partial charge in [0.05, 0.1) is 6.04 Å². The van der Waals surface area contributed by atoms with Gasteiger partial charge in [0.2, 0.25) is 5.91 Å². The molecule has 0 bridgehead atoms. The first kappa shape index (κ1) is 26.8. The van der Waals surface area contributed by atoms with E-state index < -0.39 is 0 Å². The third kappa shape index (κ3) is 19.6. The summed E-state index contributed by atoms with van der Waals surface area (Å²) >= 11 is 0. The third-order valence-corrected chi connectivity index (χ3v) is 5.43. The second-order valence-corrected chi connectivity index (χ2v) is 8.08. The Morgan fingerprint density at radius 3 is 1.43 bits per heavy atom. The molecule has 0 aliphatic heterocycles. The van der Waals surface area contributed by atoms with Gasteiger partial charge in [-0.05, 0) is 19.3 Å². The van der Waals surface area contributed by atoms with E-state index in [1.807, 2.05) is 6.92 Å². The van der Waals surface area contributed by atoms with Crippen LogP contribution in [-0.4, -0.2) is 24.5 Å². The first-order valence-electron chi connectivity index (χ1n) is 11.9. The molecule has 0 saturated heterocycles. The lowest BCUT2D eigenvalue weighted by Gasteiger charge is -2.09. The number of aldehydes is 2. The summed E-state index contributed by atoms with van der Waals surface area (Å²) in [7, 11) is 0. The van der Waals surface area contributed by atoms with Gasteiger partial charge in [-0.25, -0.2) is 0 Å². The van der Waals surface area contributed by atoms with Crippen LogP contribution < -0.4 is 5.32 Å². The molecule has 0 aromatic heterocycles. The highest BCUT2D eigenvalue weighted by Crippen LogP contribution is 2.14. The van der Waals surface area contributed by atoms with E-state index >= 15 is 0 Å². The molecule has 0 radical (unpaired) electrons. The van der Waals surface area contributed by atoms with Gasteiger partial charge in [0.1, 0.15) is 12.6 Å². The summed E-state index contributed by atoms with van der Waals surface area (Å²) in [5, 5.41) is 2.75. The average molecular weight is 396 g/mol. The zero-order chi connectivity index (χ0) is 20.7. The maximum Gasteiger partial charge on any atom is 0.220 e. The van der Waals surface area contributed by atoms with Crippen LogP contribution in [0.15, 0.2) is 0 Å². The predicted octanol–water partition coefficient (Wildman–Crippen LogP) is 6.30. The number of carbonyl (C=O) groups is 3. The highest BCUT2D eigenvalue weighted by molar-refractivity contribution is 5.79. The van der Waals surface area contributed by atoms with Crippen LogP contribution in [0.1, 0.15) is 129 Å². The van der Waals surface area contributed by atoms with Crippen LogP contribution in [0.5, 0.6) is 0 Å². The fourth-order valence-electron chi connectivity index (χ4n) is 3.50. The average Bonchev–Trinajstić information content (AvgIpc) is 2.71. The molecule has 1 N–H and O–H groups in total. The smallest absolute Gasteiger partial charge is 0.220 e. The van der Waals surface area contributed by atoms with Gasteiger partial charge in [-0.3, -0.25) is 4.79 Å². The van der Waals surface area contributed by atoms with Crippen molar-refractivity contribution in [3.8, 4) is 0 Å². The number of nitrogens with one attached hydrogen (secondary N) is 1. The molecule has 4 heteroatoms. The second-order valence-electron chi connectivity index (χ2n) is 8.08. The molecule has 0 rings (SSSR count). The summed E-state index contributed by atoms with van der Waals surface area (Å²) in [5.74, 6) is 0.0110. The number of carbonyl (C=O) groups excluding carboxylic acids is 3. The normalized spacial score (nSPS) is 11.9. The minimum atomic E-state index is -0.313. The van der Waals surface area contributed by atoms with Crippen LogP contribution in [0.4, 0.5) is 0 Å². The largest absolute Gasteiger partial charge is 0.347 e. The molecule has 1 atom stereocenters. The third-order valence-electron chi connectivity index (χ3n) is 5.43. The lowest BCUT2D eigenvalue weighted by Crippen LogP contribution is -2.35. The van der Waals surface area contributed by atoms with E-state index in [1.54, 1.807) is 0 Å². The Bertz CT molecular complexity index is 371. The summed E-state index contributed by atoms with van der Waals surface area (Å²) in [4.78, 5) is 32.6. The quantitative estimate of drug-likeness (QED) is 0.173. The summed E-state index contributed by atoms with van der Waals surface area (Å²) in [6.45, 7) is 1.90. The van der Waals surface area contributed by atoms with Gasteiger partial charge in [0, 0.05) is 12.8 Å². The van der Waals surface area contributed by atoms with Gasteiger partial charge in [-0.2, -0.15) is 0 Å². The van der Waals surface area contributed by atoms with Crippen molar-refractivity contribution in [1.29, 1.82) is 0 Å². The lowest BCUT2D eigenvalue weighted by atomic mass is 10.0. The molecule has 164 valence electrons. The van der Waals surface area contributed by atoms with Crippen molar-refractivity contribution >= 4 is 18.5 Å². The van der Waals surface area contributed by atoms with Gasteiger partial charge in [-0.1, -0.05) is 96.8 Å². The van der Waals surface area contributed by atoms with Crippen LogP contribution in [0.25, 0.3) is 0 Å².